The Labute approximate surface area is 206 Å². The van der Waals surface area contributed by atoms with E-state index in [0.29, 0.717) is 37.4 Å². The molecule has 3 rings (SSSR count). The number of halogens is 4. The van der Waals surface area contributed by atoms with Gasteiger partial charge in [0.25, 0.3) is 5.91 Å². The molecule has 1 aromatic carbocycles. The Morgan fingerprint density at radius 1 is 1.14 bits per heavy atom. The van der Waals surface area contributed by atoms with E-state index in [-0.39, 0.29) is 23.7 Å². The van der Waals surface area contributed by atoms with Gasteiger partial charge in [-0.25, -0.2) is 4.79 Å². The lowest BCUT2D eigenvalue weighted by atomic mass is 10.0. The van der Waals surface area contributed by atoms with Crippen LogP contribution in [0.5, 0.6) is 5.75 Å². The Hall–Kier alpha value is -3.27. The Morgan fingerprint density at radius 2 is 1.89 bits per heavy atom. The van der Waals surface area contributed by atoms with Crippen LogP contribution in [0.2, 0.25) is 5.02 Å². The third-order valence-electron chi connectivity index (χ3n) is 5.46. The van der Waals surface area contributed by atoms with Crippen LogP contribution in [0.1, 0.15) is 42.7 Å². The number of urea groups is 1. The summed E-state index contributed by atoms with van der Waals surface area (Å²) in [4.78, 5) is 30.6. The van der Waals surface area contributed by atoms with Crippen LogP contribution >= 0.6 is 11.6 Å². The summed E-state index contributed by atoms with van der Waals surface area (Å²) in [6.07, 6.45) is 1.33. The van der Waals surface area contributed by atoms with Crippen LogP contribution in [0.3, 0.4) is 0 Å². The zero-order chi connectivity index (χ0) is 25.6. The molecule has 0 saturated carbocycles. The molecule has 2 atom stereocenters. The van der Waals surface area contributed by atoms with E-state index < -0.39 is 22.8 Å². The number of nitrogens with one attached hydrogen (secondary N) is 2. The highest BCUT2D eigenvalue weighted by molar-refractivity contribution is 6.31. The number of aromatic nitrogens is 1. The number of benzene rings is 1. The van der Waals surface area contributed by atoms with E-state index in [1.165, 1.54) is 12.3 Å². The van der Waals surface area contributed by atoms with Crippen LogP contribution in [0, 0.1) is 0 Å². The van der Waals surface area contributed by atoms with E-state index in [1.807, 2.05) is 13.8 Å². The molecule has 0 unspecified atom stereocenters. The van der Waals surface area contributed by atoms with Crippen LogP contribution in [0.15, 0.2) is 48.7 Å². The first-order valence-corrected chi connectivity index (χ1v) is 11.5. The summed E-state index contributed by atoms with van der Waals surface area (Å²) >= 11 is 5.60. The van der Waals surface area contributed by atoms with Gasteiger partial charge in [-0.2, -0.15) is 13.2 Å². The molecule has 1 aliphatic rings. The Balaban J connectivity index is 1.55. The minimum atomic E-state index is -4.62. The highest BCUT2D eigenvalue weighted by atomic mass is 35.5. The van der Waals surface area contributed by atoms with Gasteiger partial charge in [0.05, 0.1) is 10.6 Å². The molecular formula is C24H26ClF3N4O3. The molecule has 0 spiro atoms. The lowest BCUT2D eigenvalue weighted by Gasteiger charge is -2.25. The van der Waals surface area contributed by atoms with Crippen molar-refractivity contribution < 1.29 is 27.5 Å². The first-order valence-electron chi connectivity index (χ1n) is 11.1. The van der Waals surface area contributed by atoms with Crippen molar-refractivity contribution in [1.29, 1.82) is 0 Å². The number of hydrogen-bond acceptors (Lipinski definition) is 4. The zero-order valence-corrected chi connectivity index (χ0v) is 20.0. The number of carbonyl (C=O) groups is 2. The van der Waals surface area contributed by atoms with Crippen molar-refractivity contribution in [1.82, 2.24) is 15.2 Å². The molecule has 0 bridgehead atoms. The maximum atomic E-state index is 13.0. The van der Waals surface area contributed by atoms with E-state index in [9.17, 15) is 22.8 Å². The van der Waals surface area contributed by atoms with Gasteiger partial charge in [0.1, 0.15) is 17.5 Å². The van der Waals surface area contributed by atoms with Crippen molar-refractivity contribution in [3.63, 3.8) is 0 Å². The lowest BCUT2D eigenvalue weighted by Crippen LogP contribution is -2.39. The number of pyridine rings is 1. The number of alkyl halides is 3. The van der Waals surface area contributed by atoms with E-state index in [0.717, 1.165) is 12.1 Å². The second-order valence-electron chi connectivity index (χ2n) is 7.87. The highest BCUT2D eigenvalue weighted by Crippen LogP contribution is 2.36. The minimum Gasteiger partial charge on any atom is -0.486 e. The molecule has 3 amide bonds. The molecule has 1 aromatic heterocycles. The van der Waals surface area contributed by atoms with E-state index in [1.54, 1.807) is 29.2 Å². The molecule has 11 heteroatoms. The second kappa shape index (κ2) is 11.4. The van der Waals surface area contributed by atoms with Gasteiger partial charge in [0.15, 0.2) is 0 Å². The van der Waals surface area contributed by atoms with Gasteiger partial charge in [0, 0.05) is 37.1 Å². The molecule has 188 valence electrons. The molecule has 0 fully saturated rings. The molecule has 7 nitrogen and oxygen atoms in total. The van der Waals surface area contributed by atoms with Crippen LogP contribution in [0.25, 0.3) is 0 Å². The molecule has 1 aliphatic carbocycles. The number of carbonyl (C=O) groups excluding carboxylic acids is 2. The number of amides is 3. The van der Waals surface area contributed by atoms with Crippen molar-refractivity contribution in [2.45, 2.75) is 45.0 Å². The summed E-state index contributed by atoms with van der Waals surface area (Å²) in [5.74, 6) is 0.343. The average molecular weight is 511 g/mol. The quantitative estimate of drug-likeness (QED) is 0.480. The fourth-order valence-corrected chi connectivity index (χ4v) is 3.84. The number of rotatable bonds is 7. The fraction of sp³-hybridized carbons (Fsp3) is 0.375. The average Bonchev–Trinajstić information content (AvgIpc) is 2.82. The van der Waals surface area contributed by atoms with Crippen LogP contribution in [0.4, 0.5) is 23.7 Å². The predicted octanol–water partition coefficient (Wildman–Crippen LogP) is 5.52. The van der Waals surface area contributed by atoms with Crippen LogP contribution in [-0.4, -0.2) is 47.1 Å². The van der Waals surface area contributed by atoms with Crippen molar-refractivity contribution in [3.8, 4) is 5.75 Å². The van der Waals surface area contributed by atoms with E-state index >= 15 is 0 Å². The third-order valence-corrected chi connectivity index (χ3v) is 5.78. The summed E-state index contributed by atoms with van der Waals surface area (Å²) in [5, 5.41) is 4.66. The highest BCUT2D eigenvalue weighted by Gasteiger charge is 2.33. The molecule has 0 radical (unpaired) electrons. The number of anilines is 1. The Morgan fingerprint density at radius 3 is 2.51 bits per heavy atom. The molecule has 0 aliphatic heterocycles. The summed E-state index contributed by atoms with van der Waals surface area (Å²) in [6, 6.07) is 5.49. The monoisotopic (exact) mass is 510 g/mol. The number of nitrogens with zero attached hydrogens (tertiary/aromatic N) is 2. The standard InChI is InChI=1S/C24H26ClF3N4O3/c1-3-32(4-2)22(33)21-14-18(11-12-29-21)35-17-8-5-15(6-9-17)30-23(34)31-16-7-10-20(25)19(13-16)24(26,27)28/h5,7-8,10-15,17H,3-4,6,9H2,1-2H3,(H2,30,31,34)/t15-,17-/m1/s1. The predicted molar refractivity (Wildman–Crippen MR) is 127 cm³/mol. The summed E-state index contributed by atoms with van der Waals surface area (Å²) in [6.45, 7) is 4.96. The Kier molecular flexibility index (Phi) is 8.61. The largest absolute Gasteiger partial charge is 0.486 e. The third kappa shape index (κ3) is 7.11. The van der Waals surface area contributed by atoms with E-state index in [2.05, 4.69) is 15.6 Å². The molecule has 35 heavy (non-hydrogen) atoms. The van der Waals surface area contributed by atoms with Gasteiger partial charge in [-0.3, -0.25) is 9.78 Å². The summed E-state index contributed by atoms with van der Waals surface area (Å²) in [5.41, 5.74) is -0.737. The first-order chi connectivity index (χ1) is 16.6. The van der Waals surface area contributed by atoms with Gasteiger partial charge < -0.3 is 20.3 Å². The van der Waals surface area contributed by atoms with E-state index in [4.69, 9.17) is 16.3 Å². The van der Waals surface area contributed by atoms with Crippen LogP contribution < -0.4 is 15.4 Å². The molecule has 0 saturated heterocycles. The zero-order valence-electron chi connectivity index (χ0n) is 19.2. The summed E-state index contributed by atoms with van der Waals surface area (Å²) < 4.78 is 45.0. The normalized spacial score (nSPS) is 17.5. The maximum absolute atomic E-state index is 13.0. The first kappa shape index (κ1) is 26.3. The van der Waals surface area contributed by atoms with Gasteiger partial charge in [-0.15, -0.1) is 0 Å². The van der Waals surface area contributed by atoms with Gasteiger partial charge in [-0.05, 0) is 57.0 Å². The van der Waals surface area contributed by atoms with Gasteiger partial charge in [-0.1, -0.05) is 17.7 Å². The van der Waals surface area contributed by atoms with Crippen LogP contribution in [-0.2, 0) is 6.18 Å². The maximum Gasteiger partial charge on any atom is 0.417 e. The molecule has 2 aromatic rings. The summed E-state index contributed by atoms with van der Waals surface area (Å²) in [7, 11) is 0. The molecular weight excluding hydrogens is 485 g/mol. The van der Waals surface area contributed by atoms with Crippen molar-refractivity contribution in [3.05, 3.63) is 65.0 Å². The molecule has 1 heterocycles. The fourth-order valence-electron chi connectivity index (χ4n) is 3.62. The minimum absolute atomic E-state index is 0.0204. The van der Waals surface area contributed by atoms with Gasteiger partial charge in [0.2, 0.25) is 0 Å². The van der Waals surface area contributed by atoms with Crippen molar-refractivity contribution >= 4 is 29.2 Å². The smallest absolute Gasteiger partial charge is 0.417 e. The second-order valence-corrected chi connectivity index (χ2v) is 8.28. The van der Waals surface area contributed by atoms with Gasteiger partial charge >= 0.3 is 12.2 Å². The molecule has 2 N–H and O–H groups in total. The number of hydrogen-bond donors (Lipinski definition) is 2. The topological polar surface area (TPSA) is 83.6 Å². The lowest BCUT2D eigenvalue weighted by molar-refractivity contribution is -0.137. The Bertz CT molecular complexity index is 1090. The van der Waals surface area contributed by atoms with Crippen molar-refractivity contribution in [2.24, 2.45) is 0 Å². The number of ether oxygens (including phenoxy) is 1. The SMILES string of the molecule is CCN(CC)C(=O)c1cc(O[C@@H]2C=C[C@@H](NC(=O)Nc3ccc(Cl)c(C(F)(F)F)c3)CC2)ccn1. The van der Waals surface area contributed by atoms with Crippen molar-refractivity contribution in [2.75, 3.05) is 18.4 Å².